The van der Waals surface area contributed by atoms with Gasteiger partial charge in [-0.15, -0.1) is 0 Å². The number of carbonyl (C=O) groups excluding carboxylic acids is 2. The molecule has 282 valence electrons. The number of alkyl halides is 1. The molecular formula is C44H41F2N3O5S. The van der Waals surface area contributed by atoms with Crippen LogP contribution in [-0.4, -0.2) is 64.7 Å². The first-order valence-electron chi connectivity index (χ1n) is 17.9. The molecule has 0 saturated carbocycles. The number of halogens is 2. The summed E-state index contributed by atoms with van der Waals surface area (Å²) >= 11 is 0. The predicted molar refractivity (Wildman–Crippen MR) is 215 cm³/mol. The Morgan fingerprint density at radius 1 is 0.818 bits per heavy atom. The van der Waals surface area contributed by atoms with Crippen molar-refractivity contribution in [3.63, 3.8) is 0 Å². The van der Waals surface area contributed by atoms with Crippen molar-refractivity contribution >= 4 is 44.1 Å². The van der Waals surface area contributed by atoms with Gasteiger partial charge in [-0.05, 0) is 77.6 Å². The van der Waals surface area contributed by atoms with Crippen LogP contribution in [0.1, 0.15) is 46.1 Å². The Bertz CT molecular complexity index is 2470. The summed E-state index contributed by atoms with van der Waals surface area (Å²) in [6, 6.07) is 35.9. The van der Waals surface area contributed by atoms with Crippen LogP contribution in [0.15, 0.2) is 131 Å². The smallest absolute Gasteiger partial charge is 0.255 e. The van der Waals surface area contributed by atoms with Crippen molar-refractivity contribution in [2.45, 2.75) is 12.8 Å². The summed E-state index contributed by atoms with van der Waals surface area (Å²) in [7, 11) is -2.54. The van der Waals surface area contributed by atoms with Crippen LogP contribution in [0.5, 0.6) is 0 Å². The van der Waals surface area contributed by atoms with Crippen molar-refractivity contribution in [3.8, 4) is 22.5 Å². The molecule has 6 aromatic rings. The molecule has 0 aliphatic carbocycles. The fourth-order valence-corrected chi connectivity index (χ4v) is 8.19. The standard InChI is InChI=1S/C44H39F2N3O5S.H2/c1-47-43(50)41-37-27-36(38(49(25-22-45)55(2,52)53)28-39(37)54-42(41)32-16-18-35(46)19-17-32)33-14-9-15-34(26-33)44(51)48-23-20-31(21-24-48)40(29-10-5-3-6-11-29)30-12-7-4-8-13-30;/h3-19,26-28H,20-25H2,1-2H3,(H,47,50);1H. The van der Waals surface area contributed by atoms with Gasteiger partial charge in [0.25, 0.3) is 11.8 Å². The maximum Gasteiger partial charge on any atom is 0.255 e. The van der Waals surface area contributed by atoms with E-state index in [0.717, 1.165) is 21.7 Å². The Hall–Kier alpha value is -6.07. The predicted octanol–water partition coefficient (Wildman–Crippen LogP) is 8.99. The summed E-state index contributed by atoms with van der Waals surface area (Å²) in [6.45, 7) is -0.420. The molecule has 0 atom stereocenters. The van der Waals surface area contributed by atoms with Gasteiger partial charge in [0, 0.05) is 49.7 Å². The van der Waals surface area contributed by atoms with Crippen molar-refractivity contribution in [1.29, 1.82) is 0 Å². The number of nitrogens with zero attached hydrogens (tertiary/aromatic N) is 2. The maximum atomic E-state index is 14.1. The average Bonchev–Trinajstić information content (AvgIpc) is 3.58. The van der Waals surface area contributed by atoms with Gasteiger partial charge in [0.2, 0.25) is 10.0 Å². The van der Waals surface area contributed by atoms with Crippen LogP contribution in [-0.2, 0) is 10.0 Å². The van der Waals surface area contributed by atoms with Crippen LogP contribution >= 0.6 is 0 Å². The van der Waals surface area contributed by atoms with E-state index in [0.29, 0.717) is 53.6 Å². The Labute approximate surface area is 320 Å². The minimum Gasteiger partial charge on any atom is -0.455 e. The monoisotopic (exact) mass is 761 g/mol. The molecule has 0 spiro atoms. The van der Waals surface area contributed by atoms with E-state index < -0.39 is 35.0 Å². The molecule has 1 aromatic heterocycles. The number of benzene rings is 5. The van der Waals surface area contributed by atoms with Crippen molar-refractivity contribution in [3.05, 3.63) is 155 Å². The molecule has 5 aromatic carbocycles. The lowest BCUT2D eigenvalue weighted by Gasteiger charge is -2.30. The zero-order valence-corrected chi connectivity index (χ0v) is 31.2. The number of hydrogen-bond acceptors (Lipinski definition) is 5. The molecule has 1 saturated heterocycles. The topological polar surface area (TPSA) is 99.9 Å². The Morgan fingerprint density at radius 2 is 1.44 bits per heavy atom. The van der Waals surface area contributed by atoms with Crippen LogP contribution in [0.3, 0.4) is 0 Å². The quantitative estimate of drug-likeness (QED) is 0.150. The first kappa shape index (κ1) is 37.3. The van der Waals surface area contributed by atoms with Crippen molar-refractivity contribution in [2.24, 2.45) is 0 Å². The van der Waals surface area contributed by atoms with E-state index >= 15 is 0 Å². The second-order valence-corrected chi connectivity index (χ2v) is 15.3. The zero-order chi connectivity index (χ0) is 38.7. The number of piperidine rings is 1. The van der Waals surface area contributed by atoms with E-state index in [4.69, 9.17) is 4.42 Å². The molecule has 1 aliphatic heterocycles. The number of sulfonamides is 1. The molecule has 55 heavy (non-hydrogen) atoms. The molecule has 11 heteroatoms. The third-order valence-electron chi connectivity index (χ3n) is 9.88. The summed E-state index contributed by atoms with van der Waals surface area (Å²) in [5.74, 6) is -0.980. The number of anilines is 1. The SMILES string of the molecule is CNC(=O)c1c(-c2ccc(F)cc2)oc2cc(N(CCF)S(C)(=O)=O)c(-c3cccc(C(=O)N4CCC(=C(c5ccccc5)c5ccccc5)CC4)c3)cc12.[HH]. The molecule has 7 rings (SSSR count). The summed E-state index contributed by atoms with van der Waals surface area (Å²) in [6.07, 6.45) is 2.37. The molecule has 2 heterocycles. The highest BCUT2D eigenvalue weighted by Gasteiger charge is 2.29. The van der Waals surface area contributed by atoms with E-state index in [1.54, 1.807) is 30.3 Å². The molecule has 0 unspecified atom stereocenters. The van der Waals surface area contributed by atoms with Gasteiger partial charge in [-0.2, -0.15) is 0 Å². The number of nitrogens with one attached hydrogen (secondary N) is 1. The summed E-state index contributed by atoms with van der Waals surface area (Å²) in [5.41, 5.74) is 6.79. The highest BCUT2D eigenvalue weighted by atomic mass is 32.2. The van der Waals surface area contributed by atoms with E-state index in [1.165, 1.54) is 48.5 Å². The second-order valence-electron chi connectivity index (χ2n) is 13.4. The molecule has 0 bridgehead atoms. The van der Waals surface area contributed by atoms with Crippen LogP contribution in [0.2, 0.25) is 0 Å². The van der Waals surface area contributed by atoms with E-state index in [1.807, 2.05) is 41.3 Å². The highest BCUT2D eigenvalue weighted by Crippen LogP contribution is 2.42. The van der Waals surface area contributed by atoms with Crippen LogP contribution in [0.4, 0.5) is 14.5 Å². The molecule has 2 amide bonds. The van der Waals surface area contributed by atoms with Gasteiger partial charge in [0.15, 0.2) is 0 Å². The van der Waals surface area contributed by atoms with Gasteiger partial charge in [-0.1, -0.05) is 78.4 Å². The highest BCUT2D eigenvalue weighted by molar-refractivity contribution is 7.92. The second kappa shape index (κ2) is 15.7. The summed E-state index contributed by atoms with van der Waals surface area (Å²) in [4.78, 5) is 29.3. The summed E-state index contributed by atoms with van der Waals surface area (Å²) in [5, 5.41) is 2.98. The molecule has 8 nitrogen and oxygen atoms in total. The average molecular weight is 762 g/mol. The van der Waals surface area contributed by atoms with Gasteiger partial charge >= 0.3 is 0 Å². The number of hydrogen-bond donors (Lipinski definition) is 1. The van der Waals surface area contributed by atoms with Crippen molar-refractivity contribution in [1.82, 2.24) is 10.2 Å². The van der Waals surface area contributed by atoms with E-state index in [-0.39, 0.29) is 29.9 Å². The first-order chi connectivity index (χ1) is 26.6. The lowest BCUT2D eigenvalue weighted by molar-refractivity contribution is 0.0743. The van der Waals surface area contributed by atoms with Gasteiger partial charge in [0.1, 0.15) is 23.8 Å². The van der Waals surface area contributed by atoms with E-state index in [9.17, 15) is 26.8 Å². The van der Waals surface area contributed by atoms with Crippen molar-refractivity contribution in [2.75, 3.05) is 43.9 Å². The largest absolute Gasteiger partial charge is 0.455 e. The van der Waals surface area contributed by atoms with Crippen molar-refractivity contribution < 1.29 is 32.6 Å². The van der Waals surface area contributed by atoms with Gasteiger partial charge in [0.05, 0.1) is 24.1 Å². The lowest BCUT2D eigenvalue weighted by atomic mass is 9.88. The molecular weight excluding hydrogens is 721 g/mol. The fourth-order valence-electron chi connectivity index (χ4n) is 7.28. The zero-order valence-electron chi connectivity index (χ0n) is 30.4. The lowest BCUT2D eigenvalue weighted by Crippen LogP contribution is -2.36. The Kier molecular flexibility index (Phi) is 10.7. The number of amides is 2. The number of carbonyl (C=O) groups is 2. The van der Waals surface area contributed by atoms with Crippen LogP contribution < -0.4 is 9.62 Å². The summed E-state index contributed by atoms with van der Waals surface area (Å²) < 4.78 is 61.2. The van der Waals surface area contributed by atoms with Crippen LogP contribution in [0, 0.1) is 5.82 Å². The minimum absolute atomic E-state index is 0. The Balaban J connectivity index is 0.00000532. The number of rotatable bonds is 10. The number of fused-ring (bicyclic) bond motifs is 1. The van der Waals surface area contributed by atoms with E-state index in [2.05, 4.69) is 29.6 Å². The third kappa shape index (κ3) is 7.65. The van der Waals surface area contributed by atoms with Gasteiger partial charge in [-0.3, -0.25) is 13.9 Å². The molecule has 0 radical (unpaired) electrons. The Morgan fingerprint density at radius 3 is 2.02 bits per heavy atom. The molecule has 1 fully saturated rings. The normalized spacial score (nSPS) is 13.2. The fraction of sp³-hybridized carbons (Fsp3) is 0.182. The maximum absolute atomic E-state index is 14.1. The van der Waals surface area contributed by atoms with Crippen LogP contribution in [0.25, 0.3) is 39.0 Å². The van der Waals surface area contributed by atoms with Gasteiger partial charge < -0.3 is 14.6 Å². The van der Waals surface area contributed by atoms with Gasteiger partial charge in [-0.25, -0.2) is 17.2 Å². The third-order valence-corrected chi connectivity index (χ3v) is 11.1. The number of likely N-dealkylation sites (tertiary alicyclic amines) is 1. The minimum atomic E-state index is -4.01. The number of furan rings is 1. The molecule has 1 N–H and O–H groups in total. The molecule has 1 aliphatic rings. The first-order valence-corrected chi connectivity index (χ1v) is 19.8.